The van der Waals surface area contributed by atoms with Crippen LogP contribution in [0.3, 0.4) is 0 Å². The van der Waals surface area contributed by atoms with E-state index >= 15 is 0 Å². The number of rotatable bonds is 7. The van der Waals surface area contributed by atoms with E-state index in [9.17, 15) is 14.7 Å². The van der Waals surface area contributed by atoms with Gasteiger partial charge in [-0.3, -0.25) is 13.9 Å². The van der Waals surface area contributed by atoms with Gasteiger partial charge in [0, 0.05) is 27.2 Å². The normalized spacial score (nSPS) is 12.2. The van der Waals surface area contributed by atoms with Crippen LogP contribution in [0, 0.1) is 0 Å². The molecule has 4 aromatic rings. The average Bonchev–Trinajstić information content (AvgIpc) is 3.16. The third kappa shape index (κ3) is 4.09. The van der Waals surface area contributed by atoms with Crippen LogP contribution in [0.25, 0.3) is 11.2 Å². The monoisotopic (exact) mass is 433 g/mol. The Kier molecular flexibility index (Phi) is 5.96. The van der Waals surface area contributed by atoms with Gasteiger partial charge in [0.05, 0.1) is 12.6 Å². The molecule has 32 heavy (non-hydrogen) atoms. The molecule has 0 radical (unpaired) electrons. The zero-order chi connectivity index (χ0) is 22.8. The van der Waals surface area contributed by atoms with Crippen LogP contribution >= 0.6 is 0 Å². The SMILES string of the molecule is C[C@H](O)Cn1c(N(Cc2ccccc2)Cc2ccccc2)nc2c1c(=O)n(C)c(=O)n2C. The quantitative estimate of drug-likeness (QED) is 0.482. The summed E-state index contributed by atoms with van der Waals surface area (Å²) < 4.78 is 4.18. The second-order valence-electron chi connectivity index (χ2n) is 8.08. The molecule has 1 N–H and O–H groups in total. The molecule has 0 aliphatic heterocycles. The second-order valence-corrected chi connectivity index (χ2v) is 8.08. The molecule has 0 aliphatic carbocycles. The second kappa shape index (κ2) is 8.84. The molecule has 8 nitrogen and oxygen atoms in total. The van der Waals surface area contributed by atoms with Gasteiger partial charge in [-0.25, -0.2) is 4.79 Å². The number of imidazole rings is 1. The van der Waals surface area contributed by atoms with Crippen LogP contribution in [0.5, 0.6) is 0 Å². The number of nitrogens with zero attached hydrogens (tertiary/aromatic N) is 5. The third-order valence-corrected chi connectivity index (χ3v) is 5.49. The number of anilines is 1. The molecule has 0 saturated carbocycles. The van der Waals surface area contributed by atoms with Gasteiger partial charge < -0.3 is 14.6 Å². The molecule has 0 spiro atoms. The van der Waals surface area contributed by atoms with Crippen LogP contribution in [0.1, 0.15) is 18.1 Å². The van der Waals surface area contributed by atoms with Gasteiger partial charge in [0.2, 0.25) is 5.95 Å². The van der Waals surface area contributed by atoms with E-state index in [1.807, 2.05) is 60.7 Å². The Balaban J connectivity index is 1.94. The number of hydrogen-bond acceptors (Lipinski definition) is 5. The van der Waals surface area contributed by atoms with E-state index in [1.165, 1.54) is 11.6 Å². The van der Waals surface area contributed by atoms with Crippen molar-refractivity contribution >= 4 is 17.1 Å². The first-order valence-electron chi connectivity index (χ1n) is 10.5. The van der Waals surface area contributed by atoms with E-state index in [0.29, 0.717) is 30.2 Å². The summed E-state index contributed by atoms with van der Waals surface area (Å²) in [5.74, 6) is 0.534. The first-order chi connectivity index (χ1) is 15.4. The molecule has 4 rings (SSSR count). The van der Waals surface area contributed by atoms with Crippen molar-refractivity contribution in [1.82, 2.24) is 18.7 Å². The Morgan fingerprint density at radius 2 is 1.44 bits per heavy atom. The lowest BCUT2D eigenvalue weighted by Crippen LogP contribution is -2.38. The highest BCUT2D eigenvalue weighted by atomic mass is 16.3. The first kappa shape index (κ1) is 21.6. The van der Waals surface area contributed by atoms with Crippen LogP contribution in [-0.4, -0.2) is 29.9 Å². The largest absolute Gasteiger partial charge is 0.392 e. The zero-order valence-corrected chi connectivity index (χ0v) is 18.5. The lowest BCUT2D eigenvalue weighted by molar-refractivity contribution is 0.175. The minimum atomic E-state index is -0.705. The predicted molar refractivity (Wildman–Crippen MR) is 125 cm³/mol. The highest BCUT2D eigenvalue weighted by Gasteiger charge is 2.24. The van der Waals surface area contributed by atoms with Gasteiger partial charge in [0.15, 0.2) is 11.2 Å². The molecule has 0 fully saturated rings. The van der Waals surface area contributed by atoms with E-state index in [-0.39, 0.29) is 6.54 Å². The first-order valence-corrected chi connectivity index (χ1v) is 10.5. The molecular formula is C24H27N5O3. The highest BCUT2D eigenvalue weighted by molar-refractivity contribution is 5.74. The topological polar surface area (TPSA) is 85.3 Å². The van der Waals surface area contributed by atoms with E-state index in [1.54, 1.807) is 18.5 Å². The van der Waals surface area contributed by atoms with Gasteiger partial charge >= 0.3 is 5.69 Å². The van der Waals surface area contributed by atoms with Gasteiger partial charge in [-0.05, 0) is 18.1 Å². The Morgan fingerprint density at radius 1 is 0.906 bits per heavy atom. The van der Waals surface area contributed by atoms with Gasteiger partial charge in [0.1, 0.15) is 0 Å². The highest BCUT2D eigenvalue weighted by Crippen LogP contribution is 2.24. The molecule has 2 aromatic heterocycles. The van der Waals surface area contributed by atoms with Gasteiger partial charge in [0.25, 0.3) is 5.56 Å². The lowest BCUT2D eigenvalue weighted by atomic mass is 10.2. The Bertz CT molecular complexity index is 1300. The Hall–Kier alpha value is -3.65. The summed E-state index contributed by atoms with van der Waals surface area (Å²) in [6.07, 6.45) is -0.705. The maximum absolute atomic E-state index is 13.0. The minimum Gasteiger partial charge on any atom is -0.392 e. The van der Waals surface area contributed by atoms with Crippen LogP contribution in [0.2, 0.25) is 0 Å². The minimum absolute atomic E-state index is 0.180. The fourth-order valence-electron chi connectivity index (χ4n) is 3.92. The fourth-order valence-corrected chi connectivity index (χ4v) is 3.92. The maximum Gasteiger partial charge on any atom is 0.332 e. The van der Waals surface area contributed by atoms with Crippen molar-refractivity contribution in [3.8, 4) is 0 Å². The summed E-state index contributed by atoms with van der Waals surface area (Å²) >= 11 is 0. The summed E-state index contributed by atoms with van der Waals surface area (Å²) in [7, 11) is 3.06. The van der Waals surface area contributed by atoms with Crippen LogP contribution in [-0.2, 0) is 33.7 Å². The van der Waals surface area contributed by atoms with Crippen molar-refractivity contribution in [2.24, 2.45) is 14.1 Å². The molecule has 0 unspecified atom stereocenters. The summed E-state index contributed by atoms with van der Waals surface area (Å²) in [5, 5.41) is 10.2. The summed E-state index contributed by atoms with van der Waals surface area (Å²) in [6, 6.07) is 20.0. The molecule has 1 atom stereocenters. The van der Waals surface area contributed by atoms with Crippen LogP contribution in [0.15, 0.2) is 70.3 Å². The van der Waals surface area contributed by atoms with E-state index < -0.39 is 17.4 Å². The van der Waals surface area contributed by atoms with Crippen molar-refractivity contribution in [2.45, 2.75) is 32.7 Å². The van der Waals surface area contributed by atoms with Crippen molar-refractivity contribution in [3.05, 3.63) is 92.6 Å². The predicted octanol–water partition coefficient (Wildman–Crippen LogP) is 2.02. The smallest absolute Gasteiger partial charge is 0.332 e. The van der Waals surface area contributed by atoms with Crippen LogP contribution in [0.4, 0.5) is 5.95 Å². The number of aliphatic hydroxyl groups is 1. The van der Waals surface area contributed by atoms with Crippen molar-refractivity contribution in [2.75, 3.05) is 4.90 Å². The standard InChI is InChI=1S/C24H27N5O3/c1-17(30)14-29-20-21(26(2)24(32)27(3)22(20)31)25-23(29)28(15-18-10-6-4-7-11-18)16-19-12-8-5-9-13-19/h4-13,17,30H,14-16H2,1-3H3/t17-/m0/s1. The number of aryl methyl sites for hydroxylation is 1. The molecule has 0 bridgehead atoms. The summed E-state index contributed by atoms with van der Waals surface area (Å²) in [4.78, 5) is 32.4. The van der Waals surface area contributed by atoms with Crippen molar-refractivity contribution in [3.63, 3.8) is 0 Å². The molecule has 0 saturated heterocycles. The van der Waals surface area contributed by atoms with E-state index in [4.69, 9.17) is 4.98 Å². The molecule has 0 aliphatic rings. The third-order valence-electron chi connectivity index (χ3n) is 5.49. The van der Waals surface area contributed by atoms with Crippen molar-refractivity contribution in [1.29, 1.82) is 0 Å². The maximum atomic E-state index is 13.0. The molecular weight excluding hydrogens is 406 g/mol. The van der Waals surface area contributed by atoms with Gasteiger partial charge in [-0.15, -0.1) is 0 Å². The molecule has 8 heteroatoms. The molecule has 166 valence electrons. The average molecular weight is 434 g/mol. The number of aliphatic hydroxyl groups excluding tert-OH is 1. The molecule has 2 aromatic carbocycles. The number of hydrogen-bond donors (Lipinski definition) is 1. The van der Waals surface area contributed by atoms with Gasteiger partial charge in [-0.2, -0.15) is 4.98 Å². The van der Waals surface area contributed by atoms with Crippen LogP contribution < -0.4 is 16.1 Å². The van der Waals surface area contributed by atoms with Gasteiger partial charge in [-0.1, -0.05) is 60.7 Å². The van der Waals surface area contributed by atoms with E-state index in [0.717, 1.165) is 15.7 Å². The zero-order valence-electron chi connectivity index (χ0n) is 18.5. The summed E-state index contributed by atoms with van der Waals surface area (Å²) in [6.45, 7) is 2.94. The Labute approximate surface area is 185 Å². The summed E-state index contributed by atoms with van der Waals surface area (Å²) in [5.41, 5.74) is 1.91. The number of fused-ring (bicyclic) bond motifs is 1. The lowest BCUT2D eigenvalue weighted by Gasteiger charge is -2.25. The van der Waals surface area contributed by atoms with E-state index in [2.05, 4.69) is 4.90 Å². The number of aromatic nitrogens is 4. The Morgan fingerprint density at radius 3 is 1.94 bits per heavy atom. The molecule has 2 heterocycles. The number of benzene rings is 2. The molecule has 0 amide bonds. The van der Waals surface area contributed by atoms with Crippen molar-refractivity contribution < 1.29 is 5.11 Å². The fraction of sp³-hybridized carbons (Fsp3) is 0.292.